The summed E-state index contributed by atoms with van der Waals surface area (Å²) >= 11 is 0. The zero-order valence-electron chi connectivity index (χ0n) is 21.3. The third-order valence-corrected chi connectivity index (χ3v) is 8.59. The molecule has 40 heavy (non-hydrogen) atoms. The van der Waals surface area contributed by atoms with Gasteiger partial charge >= 0.3 is 0 Å². The Balaban J connectivity index is 1.49. The largest absolute Gasteiger partial charge is 0.309 e. The van der Waals surface area contributed by atoms with Gasteiger partial charge in [0.2, 0.25) is 0 Å². The second-order valence-electron chi connectivity index (χ2n) is 10.7. The first-order chi connectivity index (χ1) is 19.8. The van der Waals surface area contributed by atoms with E-state index in [-0.39, 0.29) is 0 Å². The van der Waals surface area contributed by atoms with Crippen molar-refractivity contribution in [1.29, 1.82) is 0 Å². The molecule has 0 amide bonds. The lowest BCUT2D eigenvalue weighted by Gasteiger charge is -2.09. The Morgan fingerprint density at radius 1 is 0.475 bits per heavy atom. The lowest BCUT2D eigenvalue weighted by atomic mass is 10.0. The van der Waals surface area contributed by atoms with E-state index in [1.807, 2.05) is 18.2 Å². The molecule has 0 aliphatic carbocycles. The molecule has 0 fully saturated rings. The van der Waals surface area contributed by atoms with Crippen LogP contribution in [0, 0.1) is 0 Å². The van der Waals surface area contributed by atoms with Crippen LogP contribution in [0.3, 0.4) is 0 Å². The summed E-state index contributed by atoms with van der Waals surface area (Å²) in [6.07, 6.45) is 0. The van der Waals surface area contributed by atoms with Crippen LogP contribution in [-0.4, -0.2) is 18.9 Å². The number of para-hydroxylation sites is 4. The molecule has 4 heteroatoms. The maximum absolute atomic E-state index is 5.19. The molecule has 4 aromatic heterocycles. The molecular formula is C36H20N4. The highest BCUT2D eigenvalue weighted by molar-refractivity contribution is 6.28. The molecule has 10 aromatic rings. The lowest BCUT2D eigenvalue weighted by Crippen LogP contribution is -1.94. The summed E-state index contributed by atoms with van der Waals surface area (Å²) in [5, 5.41) is 8.63. The van der Waals surface area contributed by atoms with Crippen molar-refractivity contribution in [2.45, 2.75) is 0 Å². The molecule has 0 bridgehead atoms. The van der Waals surface area contributed by atoms with E-state index in [0.717, 1.165) is 38.8 Å². The standard InChI is InChI=1S/C36H20N4/c1-2-10-23-21(9-1)17-18-32-33(23)26-19-22(39-30-15-7-3-11-24(30)25-12-4-8-16-31(25)39)20-27-34-36(40(32)35(26)27)38-29-14-6-5-13-28(29)37-34/h1-20H. The fourth-order valence-corrected chi connectivity index (χ4v) is 6.96. The van der Waals surface area contributed by atoms with Gasteiger partial charge in [0.25, 0.3) is 0 Å². The maximum atomic E-state index is 5.19. The topological polar surface area (TPSA) is 35.1 Å². The van der Waals surface area contributed by atoms with Gasteiger partial charge in [-0.1, -0.05) is 78.9 Å². The molecule has 0 aliphatic heterocycles. The lowest BCUT2D eigenvalue weighted by molar-refractivity contribution is 1.19. The van der Waals surface area contributed by atoms with Crippen LogP contribution in [-0.2, 0) is 0 Å². The highest BCUT2D eigenvalue weighted by atomic mass is 15.0. The van der Waals surface area contributed by atoms with Crippen molar-refractivity contribution in [3.05, 3.63) is 121 Å². The van der Waals surface area contributed by atoms with Gasteiger partial charge in [-0.05, 0) is 53.2 Å². The first-order valence-corrected chi connectivity index (χ1v) is 13.6. The van der Waals surface area contributed by atoms with Gasteiger partial charge < -0.3 is 4.57 Å². The average Bonchev–Trinajstić information content (AvgIpc) is 3.64. The summed E-state index contributed by atoms with van der Waals surface area (Å²) < 4.78 is 4.73. The van der Waals surface area contributed by atoms with Crippen LogP contribution in [0.2, 0.25) is 0 Å². The van der Waals surface area contributed by atoms with E-state index < -0.39 is 0 Å². The third-order valence-electron chi connectivity index (χ3n) is 8.59. The number of benzene rings is 6. The van der Waals surface area contributed by atoms with Gasteiger partial charge in [-0.3, -0.25) is 4.40 Å². The molecule has 0 saturated carbocycles. The molecule has 4 nitrogen and oxygen atoms in total. The van der Waals surface area contributed by atoms with Gasteiger partial charge in [0.15, 0.2) is 5.65 Å². The summed E-state index contributed by atoms with van der Waals surface area (Å²) in [6, 6.07) is 43.4. The van der Waals surface area contributed by atoms with E-state index in [1.54, 1.807) is 0 Å². The van der Waals surface area contributed by atoms with E-state index in [4.69, 9.17) is 9.97 Å². The summed E-state index contributed by atoms with van der Waals surface area (Å²) in [7, 11) is 0. The van der Waals surface area contributed by atoms with Crippen LogP contribution in [0.4, 0.5) is 0 Å². The van der Waals surface area contributed by atoms with Crippen LogP contribution in [0.15, 0.2) is 121 Å². The van der Waals surface area contributed by atoms with E-state index in [9.17, 15) is 0 Å². The minimum atomic E-state index is 0.906. The quantitative estimate of drug-likeness (QED) is 0.222. The van der Waals surface area contributed by atoms with Crippen molar-refractivity contribution in [2.75, 3.05) is 0 Å². The fraction of sp³-hybridized carbons (Fsp3) is 0. The number of hydrogen-bond donors (Lipinski definition) is 0. The second kappa shape index (κ2) is 7.13. The van der Waals surface area contributed by atoms with Crippen molar-refractivity contribution >= 4 is 82.0 Å². The van der Waals surface area contributed by atoms with Gasteiger partial charge in [-0.15, -0.1) is 0 Å². The Labute approximate surface area is 227 Å². The molecule has 0 radical (unpaired) electrons. The van der Waals surface area contributed by atoms with E-state index >= 15 is 0 Å². The zero-order chi connectivity index (χ0) is 25.9. The summed E-state index contributed by atoms with van der Waals surface area (Å²) in [5.74, 6) is 0. The van der Waals surface area contributed by atoms with Crippen molar-refractivity contribution < 1.29 is 0 Å². The molecule has 184 valence electrons. The van der Waals surface area contributed by atoms with E-state index in [1.165, 1.54) is 48.9 Å². The minimum absolute atomic E-state index is 0.906. The van der Waals surface area contributed by atoms with Crippen LogP contribution >= 0.6 is 0 Å². The number of hydrogen-bond acceptors (Lipinski definition) is 2. The molecule has 0 atom stereocenters. The predicted molar refractivity (Wildman–Crippen MR) is 166 cm³/mol. The fourth-order valence-electron chi connectivity index (χ4n) is 6.96. The molecule has 0 aliphatic rings. The molecule has 0 saturated heterocycles. The number of aromatic nitrogens is 4. The average molecular weight is 509 g/mol. The Kier molecular flexibility index (Phi) is 3.65. The number of rotatable bonds is 1. The van der Waals surface area contributed by atoms with E-state index in [2.05, 4.69) is 112 Å². The molecule has 6 aromatic carbocycles. The van der Waals surface area contributed by atoms with Crippen molar-refractivity contribution in [2.24, 2.45) is 0 Å². The molecule has 0 spiro atoms. The van der Waals surface area contributed by atoms with Crippen LogP contribution in [0.25, 0.3) is 87.7 Å². The third kappa shape index (κ3) is 2.42. The second-order valence-corrected chi connectivity index (χ2v) is 10.7. The van der Waals surface area contributed by atoms with Crippen molar-refractivity contribution in [3.63, 3.8) is 0 Å². The predicted octanol–water partition coefficient (Wildman–Crippen LogP) is 9.03. The summed E-state index contributed by atoms with van der Waals surface area (Å²) in [6.45, 7) is 0. The van der Waals surface area contributed by atoms with Crippen molar-refractivity contribution in [1.82, 2.24) is 18.9 Å². The van der Waals surface area contributed by atoms with Gasteiger partial charge in [0.05, 0.1) is 33.1 Å². The van der Waals surface area contributed by atoms with Crippen LogP contribution in [0.5, 0.6) is 0 Å². The smallest absolute Gasteiger partial charge is 0.165 e. The zero-order valence-corrected chi connectivity index (χ0v) is 21.3. The monoisotopic (exact) mass is 508 g/mol. The Bertz CT molecular complexity index is 2590. The summed E-state index contributed by atoms with van der Waals surface area (Å²) in [4.78, 5) is 10.4. The normalized spacial score (nSPS) is 12.5. The Morgan fingerprint density at radius 3 is 1.88 bits per heavy atom. The minimum Gasteiger partial charge on any atom is -0.309 e. The molecule has 0 unspecified atom stereocenters. The Morgan fingerprint density at radius 2 is 1.10 bits per heavy atom. The maximum Gasteiger partial charge on any atom is 0.165 e. The highest BCUT2D eigenvalue weighted by Crippen LogP contribution is 2.43. The highest BCUT2D eigenvalue weighted by Gasteiger charge is 2.23. The molecule has 10 rings (SSSR count). The SMILES string of the molecule is c1ccc2c(c1)ccc1c2c2cc(-n3c4ccccc4c4ccccc43)cc3c4nc5ccccc5nc4n1c32. The number of nitrogens with zero attached hydrogens (tertiary/aromatic N) is 4. The molecule has 4 heterocycles. The van der Waals surface area contributed by atoms with Gasteiger partial charge in [-0.2, -0.15) is 0 Å². The van der Waals surface area contributed by atoms with E-state index in [0.29, 0.717) is 0 Å². The van der Waals surface area contributed by atoms with Crippen LogP contribution < -0.4 is 0 Å². The number of fused-ring (bicyclic) bond motifs is 12. The van der Waals surface area contributed by atoms with Crippen molar-refractivity contribution in [3.8, 4) is 5.69 Å². The van der Waals surface area contributed by atoms with Gasteiger partial charge in [0.1, 0.15) is 5.52 Å². The first-order valence-electron chi connectivity index (χ1n) is 13.6. The van der Waals surface area contributed by atoms with Crippen LogP contribution in [0.1, 0.15) is 0 Å². The van der Waals surface area contributed by atoms with Gasteiger partial charge in [0, 0.05) is 32.6 Å². The molecular weight excluding hydrogens is 488 g/mol. The Hall–Kier alpha value is -5.48. The first kappa shape index (κ1) is 20.5. The summed E-state index contributed by atoms with van der Waals surface area (Å²) in [5.41, 5.74) is 9.55. The molecule has 0 N–H and O–H groups in total. The van der Waals surface area contributed by atoms with Gasteiger partial charge in [-0.25, -0.2) is 9.97 Å².